The van der Waals surface area contributed by atoms with Gasteiger partial charge in [-0.1, -0.05) is 36.4 Å². The zero-order valence-corrected chi connectivity index (χ0v) is 59.4. The monoisotopic (exact) mass is 1450 g/mol. The van der Waals surface area contributed by atoms with Crippen molar-refractivity contribution in [3.8, 4) is 67.9 Å². The summed E-state index contributed by atoms with van der Waals surface area (Å²) in [6.45, 7) is 4.92. The lowest BCUT2D eigenvalue weighted by atomic mass is 9.94. The molecule has 0 spiro atoms. The van der Waals surface area contributed by atoms with E-state index >= 15 is 0 Å². The van der Waals surface area contributed by atoms with Gasteiger partial charge in [0.1, 0.15) is 53.5 Å². The zero-order chi connectivity index (χ0) is 74.2. The summed E-state index contributed by atoms with van der Waals surface area (Å²) >= 11 is 0. The number of nitrogens with zero attached hydrogens (tertiary/aromatic N) is 19. The Balaban J connectivity index is 0.000000116. The SMILES string of the molecule is C1CCNC1.COC(=O)c1cc2c(cc1-c1cccnc1)C(=O)N(c1cccc(-c3nncn3C3CC3)n1)C2.O=C(O)c1cc2c(cc1-c1cccnc1)C(=O)N(c1cccc(-c3nncn3C3CC3)n1)C2.O=C(c1cc2c(cc1-c1cccnc1)C(=O)N(c1cccc(-c3nncn3C3CC3)n1)C2)N1CCCC1. The molecule has 544 valence electrons. The van der Waals surface area contributed by atoms with Gasteiger partial charge in [0.15, 0.2) is 17.5 Å². The number of nitrogens with one attached hydrogen (secondary N) is 1. The summed E-state index contributed by atoms with van der Waals surface area (Å²) in [6.07, 6.45) is 26.6. The predicted molar refractivity (Wildman–Crippen MR) is 401 cm³/mol. The van der Waals surface area contributed by atoms with E-state index in [1.807, 2.05) is 86.8 Å². The molecule has 5 fully saturated rings. The summed E-state index contributed by atoms with van der Waals surface area (Å²) in [5.74, 6) is 1.60. The number of amides is 4. The van der Waals surface area contributed by atoms with Crippen LogP contribution < -0.4 is 20.0 Å². The molecule has 28 heteroatoms. The van der Waals surface area contributed by atoms with E-state index in [-0.39, 0.29) is 35.7 Å². The average molecular weight is 1450 g/mol. The van der Waals surface area contributed by atoms with Crippen molar-refractivity contribution in [3.05, 3.63) is 234 Å². The number of hydrogen-bond acceptors (Lipinski definition) is 20. The largest absolute Gasteiger partial charge is 0.478 e. The highest BCUT2D eigenvalue weighted by Crippen LogP contribution is 2.43. The number of anilines is 3. The number of carboxylic acids is 1. The van der Waals surface area contributed by atoms with Gasteiger partial charge >= 0.3 is 11.9 Å². The number of aromatic carboxylic acids is 1. The van der Waals surface area contributed by atoms with Crippen molar-refractivity contribution in [1.82, 2.24) is 84.4 Å². The minimum Gasteiger partial charge on any atom is -0.478 e. The van der Waals surface area contributed by atoms with Crippen molar-refractivity contribution in [2.45, 2.75) is 102 Å². The molecule has 12 aromatic rings. The number of benzene rings is 3. The van der Waals surface area contributed by atoms with Gasteiger partial charge < -0.3 is 33.8 Å². The molecule has 5 aliphatic heterocycles. The molecule has 20 rings (SSSR count). The van der Waals surface area contributed by atoms with Crippen LogP contribution in [0.1, 0.15) is 161 Å². The first-order chi connectivity index (χ1) is 53.4. The van der Waals surface area contributed by atoms with Crippen molar-refractivity contribution >= 4 is 53.0 Å². The van der Waals surface area contributed by atoms with E-state index < -0.39 is 11.9 Å². The highest BCUT2D eigenvalue weighted by molar-refractivity contribution is 6.14. The number of ether oxygens (including phenoxy) is 1. The van der Waals surface area contributed by atoms with Gasteiger partial charge in [0.25, 0.3) is 23.6 Å². The van der Waals surface area contributed by atoms with Gasteiger partial charge in [-0.05, 0) is 202 Å². The number of carboxylic acid groups (broad SMARTS) is 1. The number of fused-ring (bicyclic) bond motifs is 3. The molecule has 9 aromatic heterocycles. The third kappa shape index (κ3) is 14.0. The smallest absolute Gasteiger partial charge is 0.338 e. The van der Waals surface area contributed by atoms with Crippen LogP contribution in [0.5, 0.6) is 0 Å². The topological polar surface area (TPSA) is 326 Å². The Labute approximate surface area is 624 Å². The van der Waals surface area contributed by atoms with Gasteiger partial charge in [0.05, 0.1) is 37.9 Å². The third-order valence-corrected chi connectivity index (χ3v) is 20.5. The van der Waals surface area contributed by atoms with Crippen LogP contribution in [0.4, 0.5) is 17.5 Å². The van der Waals surface area contributed by atoms with Crippen molar-refractivity contribution in [2.75, 3.05) is 48.0 Å². The van der Waals surface area contributed by atoms with Crippen LogP contribution in [0.3, 0.4) is 0 Å². The van der Waals surface area contributed by atoms with Crippen molar-refractivity contribution < 1.29 is 38.6 Å². The minimum absolute atomic E-state index is 0.00425. The average Bonchev–Trinajstić information content (AvgIpc) is 1.61. The second-order valence-electron chi connectivity index (χ2n) is 27.8. The van der Waals surface area contributed by atoms with Crippen LogP contribution in [0, 0.1) is 0 Å². The maximum Gasteiger partial charge on any atom is 0.338 e. The third-order valence-electron chi connectivity index (χ3n) is 20.5. The van der Waals surface area contributed by atoms with E-state index in [0.29, 0.717) is 133 Å². The molecule has 0 unspecified atom stereocenters. The van der Waals surface area contributed by atoms with Crippen LogP contribution in [0.2, 0.25) is 0 Å². The number of likely N-dealkylation sites (tertiary alicyclic amines) is 1. The number of pyridine rings is 6. The first-order valence-electron chi connectivity index (χ1n) is 36.5. The summed E-state index contributed by atoms with van der Waals surface area (Å²) in [7, 11) is 1.34. The Morgan fingerprint density at radius 1 is 0.440 bits per heavy atom. The van der Waals surface area contributed by atoms with Gasteiger partial charge in [0, 0.05) is 107 Å². The zero-order valence-electron chi connectivity index (χ0n) is 59.4. The number of methoxy groups -OCH3 is 1. The quantitative estimate of drug-likeness (QED) is 0.0900. The maximum absolute atomic E-state index is 13.6. The van der Waals surface area contributed by atoms with Crippen molar-refractivity contribution in [2.24, 2.45) is 0 Å². The molecule has 3 aliphatic carbocycles. The predicted octanol–water partition coefficient (Wildman–Crippen LogP) is 11.8. The molecule has 2 N–H and O–H groups in total. The van der Waals surface area contributed by atoms with E-state index in [1.165, 1.54) is 33.0 Å². The Morgan fingerprint density at radius 3 is 1.15 bits per heavy atom. The van der Waals surface area contributed by atoms with E-state index in [1.54, 1.807) is 125 Å². The Hall–Kier alpha value is -13.2. The Bertz CT molecular complexity index is 5510. The molecular formula is C81H72N20O8. The minimum atomic E-state index is -1.05. The fourth-order valence-electron chi connectivity index (χ4n) is 14.5. The lowest BCUT2D eigenvalue weighted by Gasteiger charge is -2.18. The Kier molecular flexibility index (Phi) is 18.7. The van der Waals surface area contributed by atoms with Crippen LogP contribution in [0.15, 0.2) is 184 Å². The summed E-state index contributed by atoms with van der Waals surface area (Å²) < 4.78 is 11.1. The molecule has 3 aromatic carbocycles. The number of hydrogen-bond donors (Lipinski definition) is 2. The molecule has 8 aliphatic rings. The lowest BCUT2D eigenvalue weighted by Crippen LogP contribution is -2.28. The number of esters is 1. The highest BCUT2D eigenvalue weighted by Gasteiger charge is 2.38. The van der Waals surface area contributed by atoms with E-state index in [2.05, 4.69) is 55.4 Å². The molecule has 0 atom stereocenters. The first kappa shape index (κ1) is 68.8. The summed E-state index contributed by atoms with van der Waals surface area (Å²) in [5, 5.41) is 37.9. The standard InChI is InChI=1S/C28H25N7O2.C25H20N6O3.C24H18N6O3.C4H9N/c36-27(33-11-1-2-12-33)23-13-19-16-34(28(37)22(19)14-21(23)18-5-4-10-29-15-18)25-7-3-6-24(31-25)26-32-30-17-35(26)20-8-9-20;1-34-25(33)20-10-16-13-30(24(32)19(16)11-18(20)15-4-3-9-26-12-15)22-6-2-5-21(28-22)23-29-27-14-31(23)17-7-8-17;31-23-18-10-17(14-3-2-8-25-11-14)19(24(32)33)9-15(18)12-29(23)21-5-1-4-20(27-21)22-28-26-13-30(22)16-6-7-16;1-2-4-5-3-1/h3-7,10,13-15,17,20H,1-2,8-9,11-12,16H2;2-6,9-12,14,17H,7-8,13H2,1H3;1-5,8-11,13,16H,6-7,12H2,(H,32,33);5H,1-4H2. The number of rotatable bonds is 15. The first-order valence-corrected chi connectivity index (χ1v) is 36.5. The van der Waals surface area contributed by atoms with E-state index in [4.69, 9.17) is 19.7 Å². The fourth-order valence-corrected chi connectivity index (χ4v) is 14.5. The van der Waals surface area contributed by atoms with Crippen LogP contribution in [-0.2, 0) is 24.4 Å². The summed E-state index contributed by atoms with van der Waals surface area (Å²) in [4.78, 5) is 112. The molecule has 0 bridgehead atoms. The van der Waals surface area contributed by atoms with E-state index in [9.17, 15) is 33.9 Å². The van der Waals surface area contributed by atoms with Crippen molar-refractivity contribution in [1.29, 1.82) is 0 Å². The molecule has 2 saturated heterocycles. The number of carbonyl (C=O) groups excluding carboxylic acids is 5. The van der Waals surface area contributed by atoms with Gasteiger partial charge in [-0.15, -0.1) is 30.6 Å². The van der Waals surface area contributed by atoms with Gasteiger partial charge in [-0.3, -0.25) is 48.8 Å². The molecule has 3 saturated carbocycles. The van der Waals surface area contributed by atoms with Crippen LogP contribution in [-0.4, -0.2) is 153 Å². The molecule has 14 heterocycles. The number of carbonyl (C=O) groups is 6. The number of aromatic nitrogens is 15. The lowest BCUT2D eigenvalue weighted by molar-refractivity contribution is 0.0599. The highest BCUT2D eigenvalue weighted by atomic mass is 16.5. The molecule has 4 amide bonds. The van der Waals surface area contributed by atoms with E-state index in [0.717, 1.165) is 92.3 Å². The second-order valence-corrected chi connectivity index (χ2v) is 27.8. The summed E-state index contributed by atoms with van der Waals surface area (Å²) in [6, 6.07) is 39.2. The van der Waals surface area contributed by atoms with Gasteiger partial charge in [-0.2, -0.15) is 0 Å². The normalized spacial score (nSPS) is 16.0. The molecule has 109 heavy (non-hydrogen) atoms. The Morgan fingerprint density at radius 2 is 0.807 bits per heavy atom. The van der Waals surface area contributed by atoms with Crippen LogP contribution in [0.25, 0.3) is 67.9 Å². The maximum atomic E-state index is 13.6. The van der Waals surface area contributed by atoms with Gasteiger partial charge in [-0.25, -0.2) is 24.5 Å². The molecular weight excluding hydrogens is 1380 g/mol. The van der Waals surface area contributed by atoms with Crippen molar-refractivity contribution in [3.63, 3.8) is 0 Å². The molecule has 0 radical (unpaired) electrons. The second kappa shape index (κ2) is 29.6. The fraction of sp³-hybridized carbons (Fsp3) is 0.259. The van der Waals surface area contributed by atoms with Gasteiger partial charge in [0.2, 0.25) is 0 Å². The van der Waals surface area contributed by atoms with Crippen LogP contribution >= 0.6 is 0 Å². The summed E-state index contributed by atoms with van der Waals surface area (Å²) in [5.41, 5.74) is 10.9. The molecule has 28 nitrogen and oxygen atoms in total.